The van der Waals surface area contributed by atoms with Gasteiger partial charge in [-0.2, -0.15) is 4.98 Å². The molecule has 4 aromatic carbocycles. The summed E-state index contributed by atoms with van der Waals surface area (Å²) in [5.41, 5.74) is 2.78. The first-order chi connectivity index (χ1) is 28.1. The molecule has 2 heterocycles. The molecule has 1 atom stereocenters. The molecular formula is C43H48N8O7S. The molecule has 3 amide bonds. The van der Waals surface area contributed by atoms with Gasteiger partial charge in [-0.15, -0.1) is 6.42 Å². The van der Waals surface area contributed by atoms with Gasteiger partial charge in [-0.3, -0.25) is 14.4 Å². The molecule has 1 fully saturated rings. The number of aromatic nitrogens is 2. The zero-order valence-electron chi connectivity index (χ0n) is 33.8. The number of benzene rings is 4. The van der Waals surface area contributed by atoms with E-state index in [9.17, 15) is 18.0 Å². The number of hydrogen-bond donors (Lipinski definition) is 5. The van der Waals surface area contributed by atoms with Crippen molar-refractivity contribution in [3.8, 4) is 29.7 Å². The molecule has 1 aliphatic heterocycles. The van der Waals surface area contributed by atoms with Crippen molar-refractivity contribution in [2.45, 2.75) is 39.2 Å². The molecule has 0 radical (unpaired) electrons. The van der Waals surface area contributed by atoms with E-state index in [1.54, 1.807) is 54.7 Å². The Morgan fingerprint density at radius 3 is 2.37 bits per heavy atom. The van der Waals surface area contributed by atoms with Gasteiger partial charge >= 0.3 is 6.03 Å². The van der Waals surface area contributed by atoms with E-state index in [4.69, 9.17) is 20.6 Å². The van der Waals surface area contributed by atoms with Crippen LogP contribution in [0.25, 0.3) is 10.8 Å². The second kappa shape index (κ2) is 18.0. The number of nitrogens with one attached hydrogen (secondary N) is 5. The van der Waals surface area contributed by atoms with Crippen molar-refractivity contribution in [1.29, 1.82) is 0 Å². The summed E-state index contributed by atoms with van der Waals surface area (Å²) in [5, 5.41) is 13.3. The third-order valence-corrected chi connectivity index (χ3v) is 9.90. The van der Waals surface area contributed by atoms with Crippen LogP contribution in [-0.4, -0.2) is 87.5 Å². The zero-order chi connectivity index (χ0) is 42.3. The summed E-state index contributed by atoms with van der Waals surface area (Å²) >= 11 is 0. The van der Waals surface area contributed by atoms with Crippen molar-refractivity contribution < 1.29 is 32.2 Å². The molecule has 1 aromatic heterocycles. The molecular weight excluding hydrogens is 773 g/mol. The highest BCUT2D eigenvalue weighted by molar-refractivity contribution is 7.92. The number of fused-ring (bicyclic) bond motifs is 1. The van der Waals surface area contributed by atoms with E-state index in [0.717, 1.165) is 24.9 Å². The summed E-state index contributed by atoms with van der Waals surface area (Å²) in [7, 11) is -2.26. The maximum absolute atomic E-state index is 13.5. The number of hydrogen-bond acceptors (Lipinski definition) is 11. The van der Waals surface area contributed by atoms with E-state index in [1.165, 1.54) is 7.11 Å². The van der Waals surface area contributed by atoms with Crippen LogP contribution >= 0.6 is 0 Å². The molecule has 59 heavy (non-hydrogen) atoms. The average Bonchev–Trinajstić information content (AvgIpc) is 3.18. The van der Waals surface area contributed by atoms with Crippen LogP contribution in [0.4, 0.5) is 33.5 Å². The standard InChI is InChI=1S/C43H48N8O7S/c1-8-28-21-29(40(52)45-27(2)26-51-17-19-57-20-18-51)23-31(22-28)46-41-44-16-15-38(49-41)58-37-14-13-34(32-11-9-10-12-33(32)37)47-42(53)48-35-24-30(43(3,4)5)25-36(39(35)56-6)50-59(7,54)55/h1,9-16,21-25,27,50H,17-20,26H2,2-7H3,(H,45,52)(H,44,46,49)(H2,47,48,53)/t27-/m0/s1. The zero-order valence-corrected chi connectivity index (χ0v) is 34.6. The lowest BCUT2D eigenvalue weighted by Crippen LogP contribution is -2.46. The number of ether oxygens (including phenoxy) is 3. The molecule has 0 bridgehead atoms. The van der Waals surface area contributed by atoms with Crippen molar-refractivity contribution in [2.75, 3.05) is 66.9 Å². The van der Waals surface area contributed by atoms with Crippen molar-refractivity contribution in [2.24, 2.45) is 0 Å². The number of methoxy groups -OCH3 is 1. The number of nitrogens with zero attached hydrogens (tertiary/aromatic N) is 3. The molecule has 5 aromatic rings. The summed E-state index contributed by atoms with van der Waals surface area (Å²) in [6, 6.07) is 20.2. The highest BCUT2D eigenvalue weighted by Gasteiger charge is 2.23. The predicted octanol–water partition coefficient (Wildman–Crippen LogP) is 6.92. The third kappa shape index (κ3) is 11.2. The number of morpholine rings is 1. The molecule has 1 aliphatic rings. The van der Waals surface area contributed by atoms with E-state index in [1.807, 2.05) is 52.0 Å². The maximum atomic E-state index is 13.5. The Balaban J connectivity index is 1.18. The van der Waals surface area contributed by atoms with Crippen molar-refractivity contribution >= 4 is 61.4 Å². The van der Waals surface area contributed by atoms with E-state index in [2.05, 4.69) is 46.8 Å². The Morgan fingerprint density at radius 1 is 0.966 bits per heavy atom. The Labute approximate surface area is 344 Å². The monoisotopic (exact) mass is 820 g/mol. The molecule has 0 unspecified atom stereocenters. The lowest BCUT2D eigenvalue weighted by molar-refractivity contribution is 0.0342. The fourth-order valence-corrected chi connectivity index (χ4v) is 7.09. The second-order valence-electron chi connectivity index (χ2n) is 15.1. The molecule has 0 saturated carbocycles. The van der Waals surface area contributed by atoms with Crippen molar-refractivity contribution in [1.82, 2.24) is 20.2 Å². The van der Waals surface area contributed by atoms with Gasteiger partial charge in [0.05, 0.1) is 43.6 Å². The summed E-state index contributed by atoms with van der Waals surface area (Å²) in [6.07, 6.45) is 8.34. The minimum absolute atomic E-state index is 0.0939. The fraction of sp³-hybridized carbons (Fsp3) is 0.302. The normalized spacial score (nSPS) is 13.8. The van der Waals surface area contributed by atoms with E-state index in [-0.39, 0.29) is 46.3 Å². The number of terminal acetylenes is 1. The Hall–Kier alpha value is -6.41. The molecule has 15 nitrogen and oxygen atoms in total. The minimum Gasteiger partial charge on any atom is -0.492 e. The molecule has 0 aliphatic carbocycles. The number of urea groups is 1. The van der Waals surface area contributed by atoms with Crippen LogP contribution in [0.3, 0.4) is 0 Å². The van der Waals surface area contributed by atoms with Gasteiger partial charge in [0, 0.05) is 65.5 Å². The van der Waals surface area contributed by atoms with Crippen LogP contribution in [0.15, 0.2) is 79.0 Å². The second-order valence-corrected chi connectivity index (χ2v) is 16.9. The van der Waals surface area contributed by atoms with Gasteiger partial charge in [-0.1, -0.05) is 51.0 Å². The first kappa shape index (κ1) is 42.2. The molecule has 6 rings (SSSR count). The summed E-state index contributed by atoms with van der Waals surface area (Å²) in [4.78, 5) is 38.0. The van der Waals surface area contributed by atoms with Crippen LogP contribution in [0.2, 0.25) is 0 Å². The first-order valence-corrected chi connectivity index (χ1v) is 20.8. The molecule has 16 heteroatoms. The number of anilines is 5. The minimum atomic E-state index is -3.65. The van der Waals surface area contributed by atoms with Gasteiger partial charge in [0.15, 0.2) is 5.75 Å². The van der Waals surface area contributed by atoms with Crippen LogP contribution in [0.1, 0.15) is 49.2 Å². The third-order valence-electron chi connectivity index (χ3n) is 9.31. The molecule has 1 saturated heterocycles. The maximum Gasteiger partial charge on any atom is 0.323 e. The van der Waals surface area contributed by atoms with Gasteiger partial charge in [0.25, 0.3) is 5.91 Å². The highest BCUT2D eigenvalue weighted by atomic mass is 32.2. The topological polar surface area (TPSA) is 185 Å². The lowest BCUT2D eigenvalue weighted by atomic mass is 9.86. The molecule has 0 spiro atoms. The van der Waals surface area contributed by atoms with Gasteiger partial charge in [0.2, 0.25) is 21.9 Å². The summed E-state index contributed by atoms with van der Waals surface area (Å²) in [6.45, 7) is 11.6. The number of carbonyl (C=O) groups is 2. The van der Waals surface area contributed by atoms with Crippen molar-refractivity contribution in [3.05, 3.63) is 95.7 Å². The van der Waals surface area contributed by atoms with E-state index >= 15 is 0 Å². The highest BCUT2D eigenvalue weighted by Crippen LogP contribution is 2.40. The van der Waals surface area contributed by atoms with Gasteiger partial charge in [0.1, 0.15) is 5.75 Å². The van der Waals surface area contributed by atoms with E-state index < -0.39 is 16.1 Å². The Bertz CT molecular complexity index is 2510. The number of carbonyl (C=O) groups excluding carboxylic acids is 2. The van der Waals surface area contributed by atoms with Gasteiger partial charge in [-0.05, 0) is 60.4 Å². The fourth-order valence-electron chi connectivity index (χ4n) is 6.53. The van der Waals surface area contributed by atoms with E-state index in [0.29, 0.717) is 58.8 Å². The summed E-state index contributed by atoms with van der Waals surface area (Å²) in [5.74, 6) is 3.43. The van der Waals surface area contributed by atoms with Crippen LogP contribution in [-0.2, 0) is 20.2 Å². The number of amides is 3. The predicted molar refractivity (Wildman–Crippen MR) is 231 cm³/mol. The number of sulfonamides is 1. The van der Waals surface area contributed by atoms with Gasteiger partial charge < -0.3 is 35.5 Å². The molecule has 308 valence electrons. The van der Waals surface area contributed by atoms with Gasteiger partial charge in [-0.25, -0.2) is 18.2 Å². The van der Waals surface area contributed by atoms with Crippen LogP contribution in [0, 0.1) is 12.3 Å². The largest absolute Gasteiger partial charge is 0.492 e. The molecule has 5 N–H and O–H groups in total. The smallest absolute Gasteiger partial charge is 0.323 e. The lowest BCUT2D eigenvalue weighted by Gasteiger charge is -2.29. The average molecular weight is 821 g/mol. The Morgan fingerprint density at radius 2 is 1.68 bits per heavy atom. The number of rotatable bonds is 13. The van der Waals surface area contributed by atoms with Crippen LogP contribution in [0.5, 0.6) is 17.4 Å². The first-order valence-electron chi connectivity index (χ1n) is 18.9. The summed E-state index contributed by atoms with van der Waals surface area (Å²) < 4.78 is 44.1. The quantitative estimate of drug-likeness (QED) is 0.0777. The SMILES string of the molecule is C#Cc1cc(Nc2nccc(Oc3ccc(NC(=O)Nc4cc(C(C)(C)C)cc(NS(C)(=O)=O)c4OC)c4ccccc34)n2)cc(C(=O)N[C@@H](C)CN2CCOCC2)c1. The van der Waals surface area contributed by atoms with Crippen LogP contribution < -0.4 is 35.5 Å². The van der Waals surface area contributed by atoms with Crippen molar-refractivity contribution in [3.63, 3.8) is 0 Å². The Kier molecular flexibility index (Phi) is 12.9.